The predicted octanol–water partition coefficient (Wildman–Crippen LogP) is 4.30. The lowest BCUT2D eigenvalue weighted by atomic mass is 9.98. The van der Waals surface area contributed by atoms with Gasteiger partial charge in [-0.1, -0.05) is 23.8 Å². The lowest BCUT2D eigenvalue weighted by molar-refractivity contribution is 0.588. The summed E-state index contributed by atoms with van der Waals surface area (Å²) in [7, 11) is -6.62. The third kappa shape index (κ3) is 3.46. The highest BCUT2D eigenvalue weighted by atomic mass is 32.2. The molecule has 0 aliphatic heterocycles. The molecule has 4 aromatic rings. The van der Waals surface area contributed by atoms with Gasteiger partial charge in [-0.25, -0.2) is 30.2 Å². The highest BCUT2D eigenvalue weighted by Crippen LogP contribution is 2.50. The van der Waals surface area contributed by atoms with Gasteiger partial charge in [-0.3, -0.25) is 0 Å². The molecule has 0 radical (unpaired) electrons. The van der Waals surface area contributed by atoms with Crippen LogP contribution in [0.25, 0.3) is 22.2 Å². The van der Waals surface area contributed by atoms with E-state index in [0.717, 1.165) is 9.54 Å². The summed E-state index contributed by atoms with van der Waals surface area (Å²) in [5, 5.41) is 0.462. The van der Waals surface area contributed by atoms with Crippen molar-refractivity contribution in [2.24, 2.45) is 0 Å². The van der Waals surface area contributed by atoms with E-state index in [0.29, 0.717) is 35.0 Å². The first kappa shape index (κ1) is 21.8. The average Bonchev–Trinajstić information content (AvgIpc) is 3.47. The molecule has 0 atom stereocenters. The van der Waals surface area contributed by atoms with Crippen LogP contribution in [0, 0.1) is 19.7 Å². The maximum Gasteiger partial charge on any atom is 0.269 e. The quantitative estimate of drug-likeness (QED) is 0.427. The fraction of sp³-hybridized carbons (Fsp3) is 0.208. The predicted molar refractivity (Wildman–Crippen MR) is 125 cm³/mol. The third-order valence-electron chi connectivity index (χ3n) is 6.20. The highest BCUT2D eigenvalue weighted by Gasteiger charge is 2.48. The largest absolute Gasteiger partial charge is 0.269 e. The molecule has 1 fully saturated rings. The van der Waals surface area contributed by atoms with Crippen LogP contribution in [0.2, 0.25) is 0 Å². The van der Waals surface area contributed by atoms with Crippen LogP contribution in [-0.4, -0.2) is 25.8 Å². The second kappa shape index (κ2) is 7.50. The number of nitrogens with zero attached hydrogens (tertiary/aromatic N) is 2. The summed E-state index contributed by atoms with van der Waals surface area (Å²) < 4.78 is 65.4. The minimum Gasteiger partial charge on any atom is -0.234 e. The summed E-state index contributed by atoms with van der Waals surface area (Å²) in [4.78, 5) is 4.56. The second-order valence-electron chi connectivity index (χ2n) is 8.46. The van der Waals surface area contributed by atoms with Crippen molar-refractivity contribution in [3.8, 4) is 11.1 Å². The summed E-state index contributed by atoms with van der Waals surface area (Å²) in [6.07, 6.45) is 2.42. The summed E-state index contributed by atoms with van der Waals surface area (Å²) in [6.45, 7) is 3.58. The van der Waals surface area contributed by atoms with E-state index in [4.69, 9.17) is 0 Å². The molecule has 0 spiro atoms. The first-order valence-electron chi connectivity index (χ1n) is 10.4. The van der Waals surface area contributed by atoms with Crippen LogP contribution in [0.4, 0.5) is 4.39 Å². The Labute approximate surface area is 192 Å². The molecule has 2 aromatic heterocycles. The van der Waals surface area contributed by atoms with Crippen molar-refractivity contribution in [3.05, 3.63) is 83.4 Å². The highest BCUT2D eigenvalue weighted by molar-refractivity contribution is 7.90. The molecule has 2 aromatic carbocycles. The number of fused-ring (bicyclic) bond motifs is 1. The van der Waals surface area contributed by atoms with Crippen LogP contribution >= 0.6 is 0 Å². The van der Waals surface area contributed by atoms with Gasteiger partial charge in [-0.2, -0.15) is 0 Å². The third-order valence-corrected chi connectivity index (χ3v) is 9.28. The van der Waals surface area contributed by atoms with Gasteiger partial charge in [0.2, 0.25) is 0 Å². The molecule has 6 nitrogen and oxygen atoms in total. The van der Waals surface area contributed by atoms with E-state index in [1.165, 1.54) is 30.5 Å². The maximum atomic E-state index is 15.0. The van der Waals surface area contributed by atoms with E-state index in [-0.39, 0.29) is 16.1 Å². The molecule has 0 N–H and O–H groups in total. The lowest BCUT2D eigenvalue weighted by Crippen LogP contribution is -2.12. The Morgan fingerprint density at radius 3 is 2.30 bits per heavy atom. The molecule has 9 heteroatoms. The number of halogens is 1. The maximum absolute atomic E-state index is 15.0. The number of aromatic nitrogens is 2. The number of rotatable bonds is 5. The van der Waals surface area contributed by atoms with E-state index in [9.17, 15) is 21.2 Å². The number of aryl methyl sites for hydroxylation is 2. The molecule has 170 valence electrons. The second-order valence-corrected chi connectivity index (χ2v) is 11.6. The first-order valence-corrected chi connectivity index (χ1v) is 13.0. The fourth-order valence-corrected chi connectivity index (χ4v) is 6.29. The minimum absolute atomic E-state index is 0.124. The van der Waals surface area contributed by atoms with Crippen molar-refractivity contribution in [1.29, 1.82) is 0 Å². The van der Waals surface area contributed by atoms with Crippen LogP contribution < -0.4 is 0 Å². The molecular weight excluding hydrogens is 463 g/mol. The van der Waals surface area contributed by atoms with E-state index in [2.05, 4.69) is 4.98 Å². The van der Waals surface area contributed by atoms with Gasteiger partial charge >= 0.3 is 0 Å². The average molecular weight is 485 g/mol. The van der Waals surface area contributed by atoms with E-state index in [1.807, 2.05) is 6.92 Å². The lowest BCUT2D eigenvalue weighted by Gasteiger charge is -2.13. The zero-order valence-electron chi connectivity index (χ0n) is 17.9. The van der Waals surface area contributed by atoms with E-state index in [1.54, 1.807) is 37.3 Å². The Hall–Kier alpha value is -3.04. The first-order chi connectivity index (χ1) is 15.6. The molecule has 2 heterocycles. The molecule has 0 unspecified atom stereocenters. The topological polar surface area (TPSA) is 86.1 Å². The summed E-state index contributed by atoms with van der Waals surface area (Å²) in [6, 6.07) is 14.1. The van der Waals surface area contributed by atoms with Gasteiger partial charge in [-0.05, 0) is 74.2 Å². The molecule has 0 amide bonds. The Morgan fingerprint density at radius 1 is 0.970 bits per heavy atom. The Kier molecular flexibility index (Phi) is 4.95. The van der Waals surface area contributed by atoms with Gasteiger partial charge in [0, 0.05) is 22.8 Å². The zero-order valence-corrected chi connectivity index (χ0v) is 19.7. The summed E-state index contributed by atoms with van der Waals surface area (Å²) in [5.74, 6) is -0.517. The Balaban J connectivity index is 1.71. The number of thiol groups is 1. The van der Waals surface area contributed by atoms with Crippen LogP contribution in [0.3, 0.4) is 0 Å². The zero-order chi connectivity index (χ0) is 23.5. The number of hydrogen-bond acceptors (Lipinski definition) is 5. The van der Waals surface area contributed by atoms with Gasteiger partial charge in [-0.15, -0.1) is 0 Å². The van der Waals surface area contributed by atoms with Crippen molar-refractivity contribution >= 4 is 31.8 Å². The van der Waals surface area contributed by atoms with Crippen molar-refractivity contribution in [2.45, 2.75) is 36.3 Å². The molecule has 0 bridgehead atoms. The minimum atomic E-state index is -3.92. The number of pyridine rings is 1. The van der Waals surface area contributed by atoms with Gasteiger partial charge < -0.3 is 0 Å². The normalized spacial score (nSPS) is 15.3. The molecule has 1 aliphatic rings. The van der Waals surface area contributed by atoms with Crippen molar-refractivity contribution in [3.63, 3.8) is 0 Å². The van der Waals surface area contributed by atoms with Gasteiger partial charge in [0.1, 0.15) is 16.5 Å². The van der Waals surface area contributed by atoms with Crippen LogP contribution in [0.15, 0.2) is 65.7 Å². The van der Waals surface area contributed by atoms with Gasteiger partial charge in [0.15, 0.2) is 5.65 Å². The molecule has 1 aliphatic carbocycles. The smallest absolute Gasteiger partial charge is 0.234 e. The van der Waals surface area contributed by atoms with Gasteiger partial charge in [0.05, 0.1) is 9.64 Å². The number of hydrogen-bond donors (Lipinski definition) is 1. The standard InChI is InChI=1S/C24H21FN2O4S2/c1-15-3-6-18(7-4-15)33(30,31)27-12-9-19-20(13-16(2)26-23(19)27)21-14-17(5-8-22(21)25)24(10-11-24)32(28)29/h3-9,12-14,32H,10-11H2,1-2H3. The van der Waals surface area contributed by atoms with Crippen molar-refractivity contribution in [2.75, 3.05) is 0 Å². The molecular formula is C24H21FN2O4S2. The van der Waals surface area contributed by atoms with Gasteiger partial charge in [0.25, 0.3) is 10.0 Å². The molecule has 5 rings (SSSR count). The van der Waals surface area contributed by atoms with Crippen LogP contribution in [-0.2, 0) is 25.5 Å². The molecule has 1 saturated carbocycles. The van der Waals surface area contributed by atoms with E-state index < -0.39 is 31.3 Å². The summed E-state index contributed by atoms with van der Waals surface area (Å²) in [5.41, 5.74) is 2.86. The Bertz CT molecular complexity index is 1590. The monoisotopic (exact) mass is 484 g/mol. The number of benzene rings is 2. The fourth-order valence-electron chi connectivity index (χ4n) is 4.17. The molecule has 0 saturated heterocycles. The Morgan fingerprint density at radius 2 is 1.67 bits per heavy atom. The van der Waals surface area contributed by atoms with Crippen molar-refractivity contribution < 1.29 is 21.2 Å². The summed E-state index contributed by atoms with van der Waals surface area (Å²) >= 11 is 0. The van der Waals surface area contributed by atoms with Crippen molar-refractivity contribution in [1.82, 2.24) is 8.96 Å². The molecule has 33 heavy (non-hydrogen) atoms. The van der Waals surface area contributed by atoms with Crippen LogP contribution in [0.1, 0.15) is 29.7 Å². The van der Waals surface area contributed by atoms with Crippen LogP contribution in [0.5, 0.6) is 0 Å². The SMILES string of the molecule is Cc1ccc(S(=O)(=O)n2ccc3c(-c4cc(C5([SH](=O)=O)CC5)ccc4F)cc(C)nc32)cc1. The van der Waals surface area contributed by atoms with E-state index >= 15 is 0 Å².